The van der Waals surface area contributed by atoms with Gasteiger partial charge in [-0.1, -0.05) is 24.3 Å². The first-order valence-electron chi connectivity index (χ1n) is 6.29. The molecule has 0 aliphatic heterocycles. The van der Waals surface area contributed by atoms with Gasteiger partial charge in [-0.3, -0.25) is 4.57 Å². The maximum Gasteiger partial charge on any atom is 0.335 e. The van der Waals surface area contributed by atoms with Gasteiger partial charge in [-0.2, -0.15) is 0 Å². The second-order valence-electron chi connectivity index (χ2n) is 3.96. The summed E-state index contributed by atoms with van der Waals surface area (Å²) in [4.78, 5) is 0. The van der Waals surface area contributed by atoms with E-state index in [4.69, 9.17) is 14.8 Å². The van der Waals surface area contributed by atoms with Gasteiger partial charge in [-0.15, -0.1) is 0 Å². The summed E-state index contributed by atoms with van der Waals surface area (Å²) in [5.41, 5.74) is 7.64. The van der Waals surface area contributed by atoms with Crippen molar-refractivity contribution in [3.8, 4) is 0 Å². The van der Waals surface area contributed by atoms with Crippen molar-refractivity contribution in [2.24, 2.45) is 5.73 Å². The Morgan fingerprint density at radius 2 is 1.56 bits per heavy atom. The predicted molar refractivity (Wildman–Crippen MR) is 73.8 cm³/mol. The van der Waals surface area contributed by atoms with Crippen LogP contribution < -0.4 is 5.73 Å². The Morgan fingerprint density at radius 3 is 2.00 bits per heavy atom. The zero-order chi connectivity index (χ0) is 13.4. The van der Waals surface area contributed by atoms with Crippen LogP contribution in [0.1, 0.15) is 25.0 Å². The average Bonchev–Trinajstić information content (AvgIpc) is 2.32. The van der Waals surface area contributed by atoms with Crippen LogP contribution in [0, 0.1) is 0 Å². The molecule has 0 aliphatic carbocycles. The third-order valence-electron chi connectivity index (χ3n) is 2.48. The van der Waals surface area contributed by atoms with E-state index in [-0.39, 0.29) is 0 Å². The minimum atomic E-state index is -3.00. The Morgan fingerprint density at radius 1 is 1.06 bits per heavy atom. The molecule has 0 saturated heterocycles. The fourth-order valence-corrected chi connectivity index (χ4v) is 3.43. The first-order valence-corrected chi connectivity index (χ1v) is 8.02. The predicted octanol–water partition coefficient (Wildman–Crippen LogP) is 2.95. The largest absolute Gasteiger partial charge is 0.335 e. The Kier molecular flexibility index (Phi) is 6.58. The minimum absolute atomic E-state index is 0.317. The molecule has 1 rings (SSSR count). The van der Waals surface area contributed by atoms with Crippen LogP contribution in [0.25, 0.3) is 0 Å². The van der Waals surface area contributed by atoms with Crippen molar-refractivity contribution in [2.75, 3.05) is 19.8 Å². The van der Waals surface area contributed by atoms with E-state index < -0.39 is 7.60 Å². The third-order valence-corrected chi connectivity index (χ3v) is 4.54. The zero-order valence-corrected chi connectivity index (χ0v) is 12.0. The summed E-state index contributed by atoms with van der Waals surface area (Å²) in [7, 11) is -3.00. The quantitative estimate of drug-likeness (QED) is 0.738. The Balaban J connectivity index is 2.71. The highest BCUT2D eigenvalue weighted by Gasteiger charge is 2.23. The lowest BCUT2D eigenvalue weighted by Gasteiger charge is -2.17. The van der Waals surface area contributed by atoms with Crippen LogP contribution in [0.5, 0.6) is 0 Å². The van der Waals surface area contributed by atoms with E-state index in [1.54, 1.807) is 0 Å². The maximum atomic E-state index is 12.3. The van der Waals surface area contributed by atoms with E-state index in [1.807, 2.05) is 38.1 Å². The first kappa shape index (κ1) is 15.4. The van der Waals surface area contributed by atoms with Gasteiger partial charge in [0.25, 0.3) is 0 Å². The topological polar surface area (TPSA) is 61.5 Å². The second-order valence-corrected chi connectivity index (χ2v) is 6.01. The molecule has 5 heteroatoms. The van der Waals surface area contributed by atoms with Gasteiger partial charge < -0.3 is 14.8 Å². The summed E-state index contributed by atoms with van der Waals surface area (Å²) < 4.78 is 22.9. The molecule has 2 N–H and O–H groups in total. The smallest absolute Gasteiger partial charge is 0.330 e. The molecule has 0 atom stereocenters. The highest BCUT2D eigenvalue weighted by molar-refractivity contribution is 7.53. The number of benzene rings is 1. The summed E-state index contributed by atoms with van der Waals surface area (Å²) in [6.07, 6.45) is 1.17. The van der Waals surface area contributed by atoms with Crippen LogP contribution in [-0.4, -0.2) is 19.8 Å². The molecule has 0 saturated carbocycles. The van der Waals surface area contributed by atoms with Gasteiger partial charge >= 0.3 is 7.60 Å². The molecule has 18 heavy (non-hydrogen) atoms. The fourth-order valence-electron chi connectivity index (χ4n) is 1.72. The molecule has 0 aliphatic rings. The molecular formula is C13H22NO3P. The summed E-state index contributed by atoms with van der Waals surface area (Å²) in [6, 6.07) is 7.92. The molecule has 0 amide bonds. The van der Waals surface area contributed by atoms with Crippen LogP contribution in [-0.2, 0) is 26.2 Å². The van der Waals surface area contributed by atoms with Crippen molar-refractivity contribution in [1.82, 2.24) is 0 Å². The van der Waals surface area contributed by atoms with Crippen molar-refractivity contribution in [3.05, 3.63) is 35.4 Å². The Labute approximate surface area is 109 Å². The number of rotatable bonds is 8. The lowest BCUT2D eigenvalue weighted by atomic mass is 10.1. The van der Waals surface area contributed by atoms with Crippen LogP contribution in [0.2, 0.25) is 0 Å². The normalized spacial score (nSPS) is 11.7. The van der Waals surface area contributed by atoms with E-state index in [2.05, 4.69) is 0 Å². The van der Waals surface area contributed by atoms with Crippen molar-refractivity contribution in [1.29, 1.82) is 0 Å². The van der Waals surface area contributed by atoms with Crippen LogP contribution >= 0.6 is 7.60 Å². The summed E-state index contributed by atoms with van der Waals surface area (Å²) in [5, 5.41) is 0. The van der Waals surface area contributed by atoms with E-state index in [0.717, 1.165) is 12.0 Å². The molecule has 0 bridgehead atoms. The molecule has 0 radical (unpaired) electrons. The van der Waals surface area contributed by atoms with Crippen molar-refractivity contribution >= 4 is 7.60 Å². The van der Waals surface area contributed by atoms with Crippen molar-refractivity contribution < 1.29 is 13.6 Å². The van der Waals surface area contributed by atoms with Gasteiger partial charge in [-0.25, -0.2) is 0 Å². The average molecular weight is 271 g/mol. The van der Waals surface area contributed by atoms with Crippen LogP contribution in [0.4, 0.5) is 0 Å². The SMILES string of the molecule is CCOP(=O)(Cc1ccc(CCN)cc1)OCC. The lowest BCUT2D eigenvalue weighted by molar-refractivity contribution is 0.219. The van der Waals surface area contributed by atoms with Crippen LogP contribution in [0.3, 0.4) is 0 Å². The number of hydrogen-bond donors (Lipinski definition) is 1. The van der Waals surface area contributed by atoms with E-state index in [1.165, 1.54) is 5.56 Å². The number of nitrogens with two attached hydrogens (primary N) is 1. The van der Waals surface area contributed by atoms with E-state index in [0.29, 0.717) is 25.9 Å². The summed E-state index contributed by atoms with van der Waals surface area (Å²) in [6.45, 7) is 5.05. The van der Waals surface area contributed by atoms with E-state index >= 15 is 0 Å². The lowest BCUT2D eigenvalue weighted by Crippen LogP contribution is -2.03. The Hall–Kier alpha value is -0.670. The molecule has 1 aromatic carbocycles. The fraction of sp³-hybridized carbons (Fsp3) is 0.538. The van der Waals surface area contributed by atoms with Crippen LogP contribution in [0.15, 0.2) is 24.3 Å². The van der Waals surface area contributed by atoms with Gasteiger partial charge in [-0.05, 0) is 37.9 Å². The van der Waals surface area contributed by atoms with Gasteiger partial charge in [0.1, 0.15) is 0 Å². The molecule has 102 valence electrons. The molecule has 0 heterocycles. The third kappa shape index (κ3) is 4.91. The number of hydrogen-bond acceptors (Lipinski definition) is 4. The molecule has 1 aromatic rings. The molecular weight excluding hydrogens is 249 g/mol. The molecule has 0 aromatic heterocycles. The van der Waals surface area contributed by atoms with E-state index in [9.17, 15) is 4.57 Å². The molecule has 4 nitrogen and oxygen atoms in total. The molecule has 0 unspecified atom stereocenters. The standard InChI is InChI=1S/C13H22NO3P/c1-3-16-18(15,17-4-2)11-13-7-5-12(6-8-13)9-10-14/h5-8H,3-4,9-11,14H2,1-2H3. The maximum absolute atomic E-state index is 12.3. The summed E-state index contributed by atoms with van der Waals surface area (Å²) in [5.74, 6) is 0. The van der Waals surface area contributed by atoms with Gasteiger partial charge in [0.2, 0.25) is 0 Å². The van der Waals surface area contributed by atoms with Gasteiger partial charge in [0.15, 0.2) is 0 Å². The monoisotopic (exact) mass is 271 g/mol. The van der Waals surface area contributed by atoms with Gasteiger partial charge in [0, 0.05) is 0 Å². The van der Waals surface area contributed by atoms with Crippen molar-refractivity contribution in [3.63, 3.8) is 0 Å². The zero-order valence-electron chi connectivity index (χ0n) is 11.1. The van der Waals surface area contributed by atoms with Crippen molar-refractivity contribution in [2.45, 2.75) is 26.4 Å². The summed E-state index contributed by atoms with van der Waals surface area (Å²) >= 11 is 0. The molecule has 0 fully saturated rings. The first-order chi connectivity index (χ1) is 8.63. The highest BCUT2D eigenvalue weighted by Crippen LogP contribution is 2.51. The Bertz CT molecular complexity index is 382. The van der Waals surface area contributed by atoms with Gasteiger partial charge in [0.05, 0.1) is 19.4 Å². The highest BCUT2D eigenvalue weighted by atomic mass is 31.2. The molecule has 0 spiro atoms. The minimum Gasteiger partial charge on any atom is -0.330 e. The second kappa shape index (κ2) is 7.70.